The molecule has 5 heteroatoms. The fraction of sp³-hybridized carbons (Fsp3) is 0.0667. The first-order valence-corrected chi connectivity index (χ1v) is 6.35. The van der Waals surface area contributed by atoms with E-state index in [1.54, 1.807) is 25.1 Å². The summed E-state index contributed by atoms with van der Waals surface area (Å²) in [5, 5.41) is 10.2. The van der Waals surface area contributed by atoms with Gasteiger partial charge in [0.15, 0.2) is 5.82 Å². The minimum absolute atomic E-state index is 0.0946. The van der Waals surface area contributed by atoms with Gasteiger partial charge in [0, 0.05) is 10.9 Å². The summed E-state index contributed by atoms with van der Waals surface area (Å²) in [6.07, 6.45) is 0. The standard InChI is InChI=1S/C15H10ClFN2O/c1-8-2-3-9(6-12(8)17)15-18-13-5-4-10(20)7-11(13)14(16)19-15/h2-7,20H,1H3. The number of phenols is 1. The molecule has 20 heavy (non-hydrogen) atoms. The van der Waals surface area contributed by atoms with E-state index in [1.807, 2.05) is 0 Å². The summed E-state index contributed by atoms with van der Waals surface area (Å²) in [6, 6.07) is 9.46. The van der Waals surface area contributed by atoms with Crippen molar-refractivity contribution in [2.75, 3.05) is 0 Å². The van der Waals surface area contributed by atoms with Crippen molar-refractivity contribution < 1.29 is 9.50 Å². The molecule has 0 saturated carbocycles. The van der Waals surface area contributed by atoms with Crippen molar-refractivity contribution in [3.05, 3.63) is 52.9 Å². The Morgan fingerprint density at radius 2 is 1.90 bits per heavy atom. The number of phenolic OH excluding ortho intramolecular Hbond substituents is 1. The van der Waals surface area contributed by atoms with Crippen molar-refractivity contribution in [3.63, 3.8) is 0 Å². The van der Waals surface area contributed by atoms with Crippen molar-refractivity contribution >= 4 is 22.5 Å². The molecule has 0 aliphatic rings. The van der Waals surface area contributed by atoms with Crippen LogP contribution in [-0.2, 0) is 0 Å². The molecule has 3 nitrogen and oxygen atoms in total. The van der Waals surface area contributed by atoms with E-state index < -0.39 is 0 Å². The van der Waals surface area contributed by atoms with Gasteiger partial charge in [0.25, 0.3) is 0 Å². The Morgan fingerprint density at radius 1 is 1.10 bits per heavy atom. The average molecular weight is 289 g/mol. The van der Waals surface area contributed by atoms with Crippen LogP contribution in [0, 0.1) is 12.7 Å². The highest BCUT2D eigenvalue weighted by Gasteiger charge is 2.10. The fourth-order valence-electron chi connectivity index (χ4n) is 1.94. The highest BCUT2D eigenvalue weighted by atomic mass is 35.5. The molecule has 0 saturated heterocycles. The second-order valence-electron chi connectivity index (χ2n) is 4.50. The molecule has 0 radical (unpaired) electrons. The minimum Gasteiger partial charge on any atom is -0.508 e. The number of halogens is 2. The molecule has 3 aromatic rings. The third-order valence-corrected chi connectivity index (χ3v) is 3.35. The summed E-state index contributed by atoms with van der Waals surface area (Å²) < 4.78 is 13.6. The molecule has 0 aliphatic heterocycles. The fourth-order valence-corrected chi connectivity index (χ4v) is 2.17. The Hall–Kier alpha value is -2.20. The monoisotopic (exact) mass is 288 g/mol. The van der Waals surface area contributed by atoms with Gasteiger partial charge < -0.3 is 5.11 Å². The molecule has 1 heterocycles. The van der Waals surface area contributed by atoms with Gasteiger partial charge in [0.1, 0.15) is 16.7 Å². The number of aromatic nitrogens is 2. The zero-order valence-electron chi connectivity index (χ0n) is 10.6. The summed E-state index contributed by atoms with van der Waals surface area (Å²) in [5.41, 5.74) is 1.72. The van der Waals surface area contributed by atoms with Gasteiger partial charge in [-0.15, -0.1) is 0 Å². The molecule has 0 unspecified atom stereocenters. The number of hydrogen-bond acceptors (Lipinski definition) is 3. The third kappa shape index (κ3) is 2.18. The Balaban J connectivity index is 2.21. The molecule has 2 aromatic carbocycles. The van der Waals surface area contributed by atoms with Crippen LogP contribution in [0.3, 0.4) is 0 Å². The quantitative estimate of drug-likeness (QED) is 0.686. The molecule has 1 N–H and O–H groups in total. The van der Waals surface area contributed by atoms with Gasteiger partial charge in [-0.3, -0.25) is 0 Å². The maximum absolute atomic E-state index is 13.6. The van der Waals surface area contributed by atoms with E-state index in [0.717, 1.165) is 0 Å². The number of nitrogens with zero attached hydrogens (tertiary/aromatic N) is 2. The lowest BCUT2D eigenvalue weighted by Gasteiger charge is -2.06. The lowest BCUT2D eigenvalue weighted by Crippen LogP contribution is -1.93. The smallest absolute Gasteiger partial charge is 0.161 e. The molecule has 3 rings (SSSR count). The highest BCUT2D eigenvalue weighted by Crippen LogP contribution is 2.28. The van der Waals surface area contributed by atoms with E-state index in [1.165, 1.54) is 18.2 Å². The third-order valence-electron chi connectivity index (χ3n) is 3.06. The second kappa shape index (κ2) is 4.72. The molecular formula is C15H10ClFN2O. The van der Waals surface area contributed by atoms with Crippen molar-refractivity contribution in [2.45, 2.75) is 6.92 Å². The number of rotatable bonds is 1. The number of hydrogen-bond donors (Lipinski definition) is 1. The Kier molecular flexibility index (Phi) is 3.03. The Bertz CT molecular complexity index is 820. The van der Waals surface area contributed by atoms with Gasteiger partial charge in [0.2, 0.25) is 0 Å². The van der Waals surface area contributed by atoms with Gasteiger partial charge in [-0.25, -0.2) is 14.4 Å². The van der Waals surface area contributed by atoms with Crippen molar-refractivity contribution in [3.8, 4) is 17.1 Å². The zero-order chi connectivity index (χ0) is 14.3. The first-order chi connectivity index (χ1) is 9.54. The van der Waals surface area contributed by atoms with Crippen molar-refractivity contribution in [1.29, 1.82) is 0 Å². The number of aryl methyl sites for hydroxylation is 1. The normalized spacial score (nSPS) is 10.9. The van der Waals surface area contributed by atoms with Crippen LogP contribution in [0.25, 0.3) is 22.3 Å². The molecule has 0 atom stereocenters. The zero-order valence-corrected chi connectivity index (χ0v) is 11.3. The maximum atomic E-state index is 13.6. The topological polar surface area (TPSA) is 46.0 Å². The first kappa shape index (κ1) is 12.8. The minimum atomic E-state index is -0.312. The van der Waals surface area contributed by atoms with E-state index in [9.17, 15) is 9.50 Å². The molecule has 0 fully saturated rings. The van der Waals surface area contributed by atoms with Gasteiger partial charge in [0.05, 0.1) is 5.52 Å². The van der Waals surface area contributed by atoms with Crippen LogP contribution in [0.15, 0.2) is 36.4 Å². The molecule has 1 aromatic heterocycles. The van der Waals surface area contributed by atoms with Crippen LogP contribution >= 0.6 is 11.6 Å². The number of benzene rings is 2. The van der Waals surface area contributed by atoms with Crippen LogP contribution < -0.4 is 0 Å². The maximum Gasteiger partial charge on any atom is 0.161 e. The van der Waals surface area contributed by atoms with E-state index in [0.29, 0.717) is 27.9 Å². The van der Waals surface area contributed by atoms with Crippen molar-refractivity contribution in [1.82, 2.24) is 9.97 Å². The molecule has 0 aliphatic carbocycles. The average Bonchev–Trinajstić information content (AvgIpc) is 2.42. The van der Waals surface area contributed by atoms with Crippen LogP contribution in [-0.4, -0.2) is 15.1 Å². The highest BCUT2D eigenvalue weighted by molar-refractivity contribution is 6.34. The molecule has 0 bridgehead atoms. The van der Waals surface area contributed by atoms with Crippen LogP contribution in [0.5, 0.6) is 5.75 Å². The predicted octanol–water partition coefficient (Wildman–Crippen LogP) is 4.10. The lowest BCUT2D eigenvalue weighted by molar-refractivity contribution is 0.476. The summed E-state index contributed by atoms with van der Waals surface area (Å²) in [4.78, 5) is 8.50. The molecule has 100 valence electrons. The summed E-state index contributed by atoms with van der Waals surface area (Å²) in [5.74, 6) is 0.136. The largest absolute Gasteiger partial charge is 0.508 e. The SMILES string of the molecule is Cc1ccc(-c2nc(Cl)c3cc(O)ccc3n2)cc1F. The van der Waals surface area contributed by atoms with E-state index in [4.69, 9.17) is 11.6 Å². The lowest BCUT2D eigenvalue weighted by atomic mass is 10.1. The number of aromatic hydroxyl groups is 1. The summed E-state index contributed by atoms with van der Waals surface area (Å²) in [6.45, 7) is 1.69. The first-order valence-electron chi connectivity index (χ1n) is 5.97. The number of fused-ring (bicyclic) bond motifs is 1. The van der Waals surface area contributed by atoms with Gasteiger partial charge in [-0.1, -0.05) is 23.7 Å². The summed E-state index contributed by atoms with van der Waals surface area (Å²) >= 11 is 6.10. The van der Waals surface area contributed by atoms with E-state index in [-0.39, 0.29) is 16.7 Å². The molecular weight excluding hydrogens is 279 g/mol. The van der Waals surface area contributed by atoms with Crippen LogP contribution in [0.4, 0.5) is 4.39 Å². The van der Waals surface area contributed by atoms with Crippen molar-refractivity contribution in [2.24, 2.45) is 0 Å². The molecule has 0 spiro atoms. The van der Waals surface area contributed by atoms with Gasteiger partial charge >= 0.3 is 0 Å². The molecule has 0 amide bonds. The second-order valence-corrected chi connectivity index (χ2v) is 4.86. The Labute approximate surface area is 119 Å². The summed E-state index contributed by atoms with van der Waals surface area (Å²) in [7, 11) is 0. The van der Waals surface area contributed by atoms with Gasteiger partial charge in [-0.05, 0) is 36.8 Å². The van der Waals surface area contributed by atoms with Crippen LogP contribution in [0.1, 0.15) is 5.56 Å². The van der Waals surface area contributed by atoms with E-state index >= 15 is 0 Å². The van der Waals surface area contributed by atoms with E-state index in [2.05, 4.69) is 9.97 Å². The Morgan fingerprint density at radius 3 is 2.65 bits per heavy atom. The van der Waals surface area contributed by atoms with Crippen LogP contribution in [0.2, 0.25) is 5.15 Å². The van der Waals surface area contributed by atoms with Gasteiger partial charge in [-0.2, -0.15) is 0 Å². The predicted molar refractivity (Wildman–Crippen MR) is 76.3 cm³/mol.